The van der Waals surface area contributed by atoms with Crippen LogP contribution in [0.15, 0.2) is 23.8 Å². The topological polar surface area (TPSA) is 0 Å². The SMILES string of the molecule is C1#CCC(CCC2=CC=C2)CC1. The minimum absolute atomic E-state index is 0.876. The van der Waals surface area contributed by atoms with Gasteiger partial charge in [-0.05, 0) is 30.8 Å². The zero-order valence-corrected chi connectivity index (χ0v) is 7.34. The standard InChI is InChI=1S/C12H14/c1-2-5-11(6-3-1)9-10-12-7-4-8-12/h4,7-8,11H,2,5-6,9-10H2. The molecule has 62 valence electrons. The summed E-state index contributed by atoms with van der Waals surface area (Å²) >= 11 is 0. The quantitative estimate of drug-likeness (QED) is 0.554. The van der Waals surface area contributed by atoms with Crippen molar-refractivity contribution in [1.29, 1.82) is 0 Å². The minimum atomic E-state index is 0.876. The largest absolute Gasteiger partial charge is 0.103 e. The summed E-state index contributed by atoms with van der Waals surface area (Å²) in [5.41, 5.74) is 1.52. The van der Waals surface area contributed by atoms with Crippen LogP contribution in [0, 0.1) is 17.8 Å². The van der Waals surface area contributed by atoms with E-state index in [4.69, 9.17) is 0 Å². The van der Waals surface area contributed by atoms with E-state index in [0.29, 0.717) is 0 Å². The van der Waals surface area contributed by atoms with Gasteiger partial charge >= 0.3 is 0 Å². The fourth-order valence-corrected chi connectivity index (χ4v) is 1.70. The molecule has 0 N–H and O–H groups in total. The highest BCUT2D eigenvalue weighted by molar-refractivity contribution is 5.34. The fraction of sp³-hybridized carbons (Fsp3) is 0.500. The Morgan fingerprint density at radius 3 is 2.92 bits per heavy atom. The van der Waals surface area contributed by atoms with Crippen molar-refractivity contribution in [3.05, 3.63) is 23.8 Å². The molecule has 0 bridgehead atoms. The van der Waals surface area contributed by atoms with Crippen LogP contribution in [0.2, 0.25) is 0 Å². The summed E-state index contributed by atoms with van der Waals surface area (Å²) in [5, 5.41) is 0. The predicted molar refractivity (Wildman–Crippen MR) is 51.6 cm³/mol. The summed E-state index contributed by atoms with van der Waals surface area (Å²) in [5.74, 6) is 7.23. The van der Waals surface area contributed by atoms with Gasteiger partial charge in [0.2, 0.25) is 0 Å². The minimum Gasteiger partial charge on any atom is -0.103 e. The van der Waals surface area contributed by atoms with Crippen molar-refractivity contribution in [2.75, 3.05) is 0 Å². The number of hydrogen-bond donors (Lipinski definition) is 0. The summed E-state index contributed by atoms with van der Waals surface area (Å²) in [6, 6.07) is 0. The summed E-state index contributed by atoms with van der Waals surface area (Å²) in [6.07, 6.45) is 12.7. The summed E-state index contributed by atoms with van der Waals surface area (Å²) in [7, 11) is 0. The summed E-state index contributed by atoms with van der Waals surface area (Å²) in [6.45, 7) is 0. The second kappa shape index (κ2) is 3.63. The average molecular weight is 158 g/mol. The van der Waals surface area contributed by atoms with Crippen LogP contribution >= 0.6 is 0 Å². The van der Waals surface area contributed by atoms with Gasteiger partial charge in [0.15, 0.2) is 0 Å². The average Bonchev–Trinajstić information content (AvgIpc) is 2.04. The molecule has 0 amide bonds. The zero-order valence-electron chi connectivity index (χ0n) is 7.34. The van der Waals surface area contributed by atoms with Crippen molar-refractivity contribution in [2.45, 2.75) is 32.1 Å². The second-order valence-electron chi connectivity index (χ2n) is 3.60. The van der Waals surface area contributed by atoms with Crippen molar-refractivity contribution in [1.82, 2.24) is 0 Å². The normalized spacial score (nSPS) is 25.3. The van der Waals surface area contributed by atoms with Crippen LogP contribution < -0.4 is 0 Å². The lowest BCUT2D eigenvalue weighted by Crippen LogP contribution is -2.03. The number of hydrogen-bond acceptors (Lipinski definition) is 0. The maximum absolute atomic E-state index is 3.21. The maximum Gasteiger partial charge on any atom is 0.0117 e. The molecule has 0 saturated heterocycles. The summed E-state index contributed by atoms with van der Waals surface area (Å²) in [4.78, 5) is 0. The molecule has 0 aliphatic heterocycles. The van der Waals surface area contributed by atoms with E-state index in [9.17, 15) is 0 Å². The lowest BCUT2D eigenvalue weighted by molar-refractivity contribution is 0.460. The molecule has 12 heavy (non-hydrogen) atoms. The molecule has 1 unspecified atom stereocenters. The van der Waals surface area contributed by atoms with Gasteiger partial charge in [-0.25, -0.2) is 0 Å². The Kier molecular flexibility index (Phi) is 2.32. The molecule has 0 aromatic carbocycles. The highest BCUT2D eigenvalue weighted by Gasteiger charge is 2.10. The Bertz CT molecular complexity index is 270. The molecule has 1 atom stereocenters. The van der Waals surface area contributed by atoms with Gasteiger partial charge in [0, 0.05) is 12.8 Å². The van der Waals surface area contributed by atoms with E-state index in [-0.39, 0.29) is 0 Å². The van der Waals surface area contributed by atoms with Crippen LogP contribution in [0.4, 0.5) is 0 Å². The van der Waals surface area contributed by atoms with Crippen LogP contribution in [0.1, 0.15) is 32.1 Å². The molecular weight excluding hydrogens is 144 g/mol. The highest BCUT2D eigenvalue weighted by atomic mass is 14.1. The zero-order chi connectivity index (χ0) is 8.23. The maximum atomic E-state index is 3.21. The van der Waals surface area contributed by atoms with Crippen molar-refractivity contribution < 1.29 is 0 Å². The molecular formula is C12H14. The van der Waals surface area contributed by atoms with Gasteiger partial charge < -0.3 is 0 Å². The third kappa shape index (κ3) is 1.80. The first-order chi connectivity index (χ1) is 5.95. The van der Waals surface area contributed by atoms with E-state index >= 15 is 0 Å². The predicted octanol–water partition coefficient (Wildman–Crippen LogP) is 3.07. The van der Waals surface area contributed by atoms with Crippen molar-refractivity contribution in [2.24, 2.45) is 5.92 Å². The molecule has 0 fully saturated rings. The molecule has 2 aliphatic rings. The van der Waals surface area contributed by atoms with Crippen molar-refractivity contribution in [3.63, 3.8) is 0 Å². The molecule has 0 radical (unpaired) electrons. The molecule has 0 heteroatoms. The monoisotopic (exact) mass is 158 g/mol. The fourth-order valence-electron chi connectivity index (χ4n) is 1.70. The van der Waals surface area contributed by atoms with E-state index in [1.54, 1.807) is 0 Å². The Balaban J connectivity index is 1.70. The van der Waals surface area contributed by atoms with Gasteiger partial charge in [-0.15, -0.1) is 11.8 Å². The van der Waals surface area contributed by atoms with Crippen LogP contribution in [-0.2, 0) is 0 Å². The van der Waals surface area contributed by atoms with Gasteiger partial charge in [-0.3, -0.25) is 0 Å². The number of allylic oxidation sites excluding steroid dienone is 4. The van der Waals surface area contributed by atoms with Crippen molar-refractivity contribution >= 4 is 0 Å². The van der Waals surface area contributed by atoms with E-state index in [1.807, 2.05) is 0 Å². The van der Waals surface area contributed by atoms with E-state index in [2.05, 4.69) is 30.1 Å². The third-order valence-electron chi connectivity index (χ3n) is 2.66. The Labute approximate surface area is 74.4 Å². The molecule has 0 aromatic rings. The molecule has 2 aliphatic carbocycles. The van der Waals surface area contributed by atoms with E-state index < -0.39 is 0 Å². The highest BCUT2D eigenvalue weighted by Crippen LogP contribution is 2.24. The Morgan fingerprint density at radius 1 is 1.42 bits per heavy atom. The van der Waals surface area contributed by atoms with Crippen LogP contribution in [0.25, 0.3) is 0 Å². The van der Waals surface area contributed by atoms with E-state index in [1.165, 1.54) is 24.8 Å². The first-order valence-corrected chi connectivity index (χ1v) is 4.78. The Morgan fingerprint density at radius 2 is 2.33 bits per heavy atom. The molecule has 0 nitrogen and oxygen atoms in total. The molecule has 0 spiro atoms. The summed E-state index contributed by atoms with van der Waals surface area (Å²) < 4.78 is 0. The van der Waals surface area contributed by atoms with Crippen LogP contribution in [0.5, 0.6) is 0 Å². The molecule has 0 heterocycles. The second-order valence-corrected chi connectivity index (χ2v) is 3.60. The first kappa shape index (κ1) is 7.68. The lowest BCUT2D eigenvalue weighted by atomic mass is 9.89. The molecule has 2 rings (SSSR count). The number of rotatable bonds is 3. The molecule has 0 saturated carbocycles. The lowest BCUT2D eigenvalue weighted by Gasteiger charge is -2.16. The molecule has 0 aromatic heterocycles. The van der Waals surface area contributed by atoms with Gasteiger partial charge in [0.1, 0.15) is 0 Å². The van der Waals surface area contributed by atoms with Gasteiger partial charge in [0.25, 0.3) is 0 Å². The van der Waals surface area contributed by atoms with Gasteiger partial charge in [-0.1, -0.05) is 18.2 Å². The van der Waals surface area contributed by atoms with Gasteiger partial charge in [-0.2, -0.15) is 0 Å². The third-order valence-corrected chi connectivity index (χ3v) is 2.66. The van der Waals surface area contributed by atoms with E-state index in [0.717, 1.165) is 18.8 Å². The van der Waals surface area contributed by atoms with Crippen molar-refractivity contribution in [3.8, 4) is 11.8 Å². The first-order valence-electron chi connectivity index (χ1n) is 4.78. The van der Waals surface area contributed by atoms with Gasteiger partial charge in [0.05, 0.1) is 0 Å². The van der Waals surface area contributed by atoms with Crippen LogP contribution in [-0.4, -0.2) is 0 Å². The Hall–Kier alpha value is -0.960. The smallest absolute Gasteiger partial charge is 0.0117 e. The van der Waals surface area contributed by atoms with Crippen LogP contribution in [0.3, 0.4) is 0 Å².